The van der Waals surface area contributed by atoms with Crippen molar-refractivity contribution in [1.82, 2.24) is 4.98 Å². The number of pyridine rings is 1. The number of nitrogens with zero attached hydrogens (tertiary/aromatic N) is 1. The van der Waals surface area contributed by atoms with Crippen molar-refractivity contribution in [2.24, 2.45) is 0 Å². The van der Waals surface area contributed by atoms with E-state index in [0.29, 0.717) is 11.3 Å². The van der Waals surface area contributed by atoms with Gasteiger partial charge in [0.05, 0.1) is 11.2 Å². The second-order valence-electron chi connectivity index (χ2n) is 4.48. The van der Waals surface area contributed by atoms with E-state index in [2.05, 4.69) is 10.3 Å². The van der Waals surface area contributed by atoms with Gasteiger partial charge in [-0.25, -0.2) is 4.39 Å². The highest BCUT2D eigenvalue weighted by Crippen LogP contribution is 2.24. The number of rotatable bonds is 3. The zero-order valence-electron chi connectivity index (χ0n) is 10.6. The van der Waals surface area contributed by atoms with Gasteiger partial charge < -0.3 is 10.4 Å². The van der Waals surface area contributed by atoms with Gasteiger partial charge in [0.2, 0.25) is 0 Å². The SMILES string of the molecule is OC(Nc1cccc2cccnc12)c1cccc(F)c1. The summed E-state index contributed by atoms with van der Waals surface area (Å²) in [6.07, 6.45) is 0.709. The number of benzene rings is 2. The second-order valence-corrected chi connectivity index (χ2v) is 4.48. The lowest BCUT2D eigenvalue weighted by atomic mass is 10.1. The van der Waals surface area contributed by atoms with Gasteiger partial charge in [0.25, 0.3) is 0 Å². The Morgan fingerprint density at radius 3 is 2.70 bits per heavy atom. The van der Waals surface area contributed by atoms with Gasteiger partial charge in [-0.1, -0.05) is 30.3 Å². The number of halogens is 1. The number of hydrogen-bond acceptors (Lipinski definition) is 3. The molecule has 3 rings (SSSR count). The first-order valence-corrected chi connectivity index (χ1v) is 6.28. The van der Waals surface area contributed by atoms with Crippen LogP contribution in [0.1, 0.15) is 11.8 Å². The molecule has 20 heavy (non-hydrogen) atoms. The highest BCUT2D eigenvalue weighted by molar-refractivity contribution is 5.90. The van der Waals surface area contributed by atoms with Crippen molar-refractivity contribution in [2.45, 2.75) is 6.23 Å². The first-order chi connectivity index (χ1) is 9.74. The molecule has 0 amide bonds. The van der Waals surface area contributed by atoms with Crippen LogP contribution in [0, 0.1) is 5.82 Å². The summed E-state index contributed by atoms with van der Waals surface area (Å²) in [5.74, 6) is -0.376. The predicted octanol–water partition coefficient (Wildman–Crippen LogP) is 3.48. The molecule has 3 aromatic rings. The van der Waals surface area contributed by atoms with Crippen LogP contribution in [0.15, 0.2) is 60.8 Å². The van der Waals surface area contributed by atoms with Gasteiger partial charge >= 0.3 is 0 Å². The number of para-hydroxylation sites is 1. The largest absolute Gasteiger partial charge is 0.369 e. The molecule has 3 nitrogen and oxygen atoms in total. The molecule has 0 saturated carbocycles. The quantitative estimate of drug-likeness (QED) is 0.715. The summed E-state index contributed by atoms with van der Waals surface area (Å²) in [4.78, 5) is 4.30. The average molecular weight is 268 g/mol. The molecular formula is C16H13FN2O. The number of aromatic nitrogens is 1. The maximum Gasteiger partial charge on any atom is 0.150 e. The normalized spacial score (nSPS) is 12.3. The summed E-state index contributed by atoms with van der Waals surface area (Å²) in [5, 5.41) is 14.1. The van der Waals surface area contributed by atoms with E-state index in [9.17, 15) is 9.50 Å². The predicted molar refractivity (Wildman–Crippen MR) is 76.7 cm³/mol. The highest BCUT2D eigenvalue weighted by atomic mass is 19.1. The van der Waals surface area contributed by atoms with Crippen molar-refractivity contribution in [2.75, 3.05) is 5.32 Å². The fraction of sp³-hybridized carbons (Fsp3) is 0.0625. The Morgan fingerprint density at radius 2 is 1.85 bits per heavy atom. The molecule has 4 heteroatoms. The van der Waals surface area contributed by atoms with Crippen LogP contribution < -0.4 is 5.32 Å². The number of hydrogen-bond donors (Lipinski definition) is 2. The molecule has 1 aromatic heterocycles. The average Bonchev–Trinajstić information content (AvgIpc) is 2.47. The van der Waals surface area contributed by atoms with Crippen LogP contribution in [0.4, 0.5) is 10.1 Å². The summed E-state index contributed by atoms with van der Waals surface area (Å²) in [6, 6.07) is 15.3. The first kappa shape index (κ1) is 12.6. The molecule has 0 aliphatic rings. The first-order valence-electron chi connectivity index (χ1n) is 6.28. The van der Waals surface area contributed by atoms with E-state index in [1.807, 2.05) is 30.3 Å². The molecule has 1 heterocycles. The lowest BCUT2D eigenvalue weighted by molar-refractivity contribution is 0.208. The van der Waals surface area contributed by atoms with Crippen molar-refractivity contribution in [3.8, 4) is 0 Å². The van der Waals surface area contributed by atoms with Crippen LogP contribution in [0.2, 0.25) is 0 Å². The van der Waals surface area contributed by atoms with E-state index in [1.54, 1.807) is 18.3 Å². The van der Waals surface area contributed by atoms with Crippen LogP contribution in [-0.4, -0.2) is 10.1 Å². The molecule has 0 aliphatic heterocycles. The van der Waals surface area contributed by atoms with Crippen LogP contribution in [0.5, 0.6) is 0 Å². The van der Waals surface area contributed by atoms with E-state index in [-0.39, 0.29) is 5.82 Å². The third-order valence-electron chi connectivity index (χ3n) is 3.09. The molecule has 0 fully saturated rings. The Labute approximate surface area is 115 Å². The maximum absolute atomic E-state index is 13.2. The molecule has 0 bridgehead atoms. The zero-order valence-corrected chi connectivity index (χ0v) is 10.6. The van der Waals surface area contributed by atoms with Crippen LogP contribution in [-0.2, 0) is 0 Å². The molecule has 2 N–H and O–H groups in total. The number of nitrogens with one attached hydrogen (secondary N) is 1. The van der Waals surface area contributed by atoms with Crippen LogP contribution >= 0.6 is 0 Å². The molecule has 2 aromatic carbocycles. The van der Waals surface area contributed by atoms with Gasteiger partial charge in [-0.3, -0.25) is 4.98 Å². The number of aliphatic hydroxyl groups is 1. The van der Waals surface area contributed by atoms with E-state index >= 15 is 0 Å². The minimum Gasteiger partial charge on any atom is -0.369 e. The Morgan fingerprint density at radius 1 is 1.05 bits per heavy atom. The van der Waals surface area contributed by atoms with Gasteiger partial charge in [0, 0.05) is 17.1 Å². The Kier molecular flexibility index (Phi) is 3.31. The summed E-state index contributed by atoms with van der Waals surface area (Å²) in [5.41, 5.74) is 1.95. The molecule has 0 radical (unpaired) electrons. The van der Waals surface area contributed by atoms with Crippen LogP contribution in [0.3, 0.4) is 0 Å². The van der Waals surface area contributed by atoms with E-state index < -0.39 is 6.23 Å². The van der Waals surface area contributed by atoms with E-state index in [0.717, 1.165) is 10.9 Å². The molecule has 0 spiro atoms. The van der Waals surface area contributed by atoms with Crippen molar-refractivity contribution in [1.29, 1.82) is 0 Å². The van der Waals surface area contributed by atoms with Gasteiger partial charge in [0.1, 0.15) is 5.82 Å². The smallest absolute Gasteiger partial charge is 0.150 e. The fourth-order valence-electron chi connectivity index (χ4n) is 2.13. The number of aliphatic hydroxyl groups excluding tert-OH is 1. The van der Waals surface area contributed by atoms with E-state index in [4.69, 9.17) is 0 Å². The standard InChI is InChI=1S/C16H13FN2O/c17-13-7-1-5-12(10-13)16(20)19-14-8-2-4-11-6-3-9-18-15(11)14/h1-10,16,19-20H. The Hall–Kier alpha value is -2.46. The van der Waals surface area contributed by atoms with Crippen molar-refractivity contribution >= 4 is 16.6 Å². The van der Waals surface area contributed by atoms with Gasteiger partial charge in [-0.2, -0.15) is 0 Å². The van der Waals surface area contributed by atoms with Crippen molar-refractivity contribution < 1.29 is 9.50 Å². The maximum atomic E-state index is 13.2. The fourth-order valence-corrected chi connectivity index (χ4v) is 2.13. The van der Waals surface area contributed by atoms with Gasteiger partial charge in [0.15, 0.2) is 6.23 Å². The topological polar surface area (TPSA) is 45.1 Å². The Bertz CT molecular complexity index is 740. The highest BCUT2D eigenvalue weighted by Gasteiger charge is 2.10. The van der Waals surface area contributed by atoms with Crippen molar-refractivity contribution in [3.63, 3.8) is 0 Å². The molecule has 100 valence electrons. The molecule has 0 aliphatic carbocycles. The second kappa shape index (κ2) is 5.27. The summed E-state index contributed by atoms with van der Waals surface area (Å²) in [7, 11) is 0. The third-order valence-corrected chi connectivity index (χ3v) is 3.09. The van der Waals surface area contributed by atoms with Crippen molar-refractivity contribution in [3.05, 3.63) is 72.2 Å². The Balaban J connectivity index is 1.93. The minimum absolute atomic E-state index is 0.376. The molecule has 1 atom stereocenters. The minimum atomic E-state index is -0.988. The van der Waals surface area contributed by atoms with E-state index in [1.165, 1.54) is 12.1 Å². The third kappa shape index (κ3) is 2.46. The monoisotopic (exact) mass is 268 g/mol. The van der Waals surface area contributed by atoms with Crippen LogP contribution in [0.25, 0.3) is 10.9 Å². The summed E-state index contributed by atoms with van der Waals surface area (Å²) in [6.45, 7) is 0. The molecule has 1 unspecified atom stereocenters. The molecule has 0 saturated heterocycles. The van der Waals surface area contributed by atoms with Gasteiger partial charge in [-0.15, -0.1) is 0 Å². The molecular weight excluding hydrogens is 255 g/mol. The number of anilines is 1. The number of fused-ring (bicyclic) bond motifs is 1. The lowest BCUT2D eigenvalue weighted by Crippen LogP contribution is -2.10. The summed E-state index contributed by atoms with van der Waals surface area (Å²) < 4.78 is 13.2. The van der Waals surface area contributed by atoms with Gasteiger partial charge in [-0.05, 0) is 24.3 Å². The lowest BCUT2D eigenvalue weighted by Gasteiger charge is -2.15. The zero-order chi connectivity index (χ0) is 13.9. The summed E-state index contributed by atoms with van der Waals surface area (Å²) >= 11 is 0.